The number of H-pyrrole nitrogens is 1. The van der Waals surface area contributed by atoms with Crippen LogP contribution in [0.4, 0.5) is 37.6 Å². The number of fused-ring (bicyclic) bond motifs is 1. The summed E-state index contributed by atoms with van der Waals surface area (Å²) in [6, 6.07) is 21.8. The van der Waals surface area contributed by atoms with Crippen LogP contribution in [0.3, 0.4) is 0 Å². The van der Waals surface area contributed by atoms with Crippen LogP contribution in [0.5, 0.6) is 0 Å². The Bertz CT molecular complexity index is 1410. The van der Waals surface area contributed by atoms with Gasteiger partial charge in [0.15, 0.2) is 0 Å². The fourth-order valence-corrected chi connectivity index (χ4v) is 3.71. The molecule has 0 saturated carbocycles. The van der Waals surface area contributed by atoms with Gasteiger partial charge in [0.25, 0.3) is 5.91 Å². The molecule has 2 heterocycles. The number of nitrogens with one attached hydrogen (secondary N) is 5. The number of carbonyl (C=O) groups is 2. The minimum atomic E-state index is -0.482. The number of hydrogen-bond acceptors (Lipinski definition) is 3. The van der Waals surface area contributed by atoms with Gasteiger partial charge in [0.05, 0.1) is 11.3 Å². The Morgan fingerprint density at radius 2 is 1.56 bits per heavy atom. The van der Waals surface area contributed by atoms with Crippen molar-refractivity contribution in [1.82, 2.24) is 4.98 Å². The summed E-state index contributed by atoms with van der Waals surface area (Å²) in [5.74, 6) is -0.585. The van der Waals surface area contributed by atoms with E-state index in [2.05, 4.69) is 26.3 Å². The lowest BCUT2D eigenvalue weighted by atomic mass is 10.1. The van der Waals surface area contributed by atoms with Crippen molar-refractivity contribution in [2.45, 2.75) is 0 Å². The highest BCUT2D eigenvalue weighted by Gasteiger charge is 2.24. The first-order valence-electron chi connectivity index (χ1n) is 10.5. The second-order valence-corrected chi connectivity index (χ2v) is 7.69. The highest BCUT2D eigenvalue weighted by molar-refractivity contribution is 6.35. The van der Waals surface area contributed by atoms with Gasteiger partial charge in [0.1, 0.15) is 5.82 Å². The standard InChI is InChI=1S/C26H20FN5O2/c27-16-4-1-5-18(12-16)30-26(34)31-20-7-2-6-19(13-20)29-21-9-10-22-23(14-17-8-3-11-28-17)25(33)32-24(22)15-21/h1-15,28-29H,(H,32,33)(H2,30,31,34)/b23-14-. The van der Waals surface area contributed by atoms with E-state index in [9.17, 15) is 14.0 Å². The molecule has 1 aliphatic heterocycles. The van der Waals surface area contributed by atoms with Gasteiger partial charge in [-0.05, 0) is 66.7 Å². The van der Waals surface area contributed by atoms with Crippen LogP contribution < -0.4 is 21.3 Å². The van der Waals surface area contributed by atoms with Crippen molar-refractivity contribution >= 4 is 52.0 Å². The molecule has 0 spiro atoms. The number of aromatic nitrogens is 1. The van der Waals surface area contributed by atoms with Crippen LogP contribution in [0.1, 0.15) is 11.3 Å². The van der Waals surface area contributed by atoms with Crippen LogP contribution in [-0.4, -0.2) is 16.9 Å². The Hall–Kier alpha value is -4.85. The van der Waals surface area contributed by atoms with E-state index in [0.29, 0.717) is 16.9 Å². The molecule has 1 aromatic heterocycles. The third-order valence-corrected chi connectivity index (χ3v) is 5.22. The number of benzene rings is 3. The molecule has 0 atom stereocenters. The number of halogens is 1. The van der Waals surface area contributed by atoms with E-state index >= 15 is 0 Å². The van der Waals surface area contributed by atoms with Gasteiger partial charge in [-0.1, -0.05) is 18.2 Å². The first-order chi connectivity index (χ1) is 16.5. The average molecular weight is 453 g/mol. The molecule has 0 aliphatic carbocycles. The van der Waals surface area contributed by atoms with Gasteiger partial charge in [-0.25, -0.2) is 9.18 Å². The largest absolute Gasteiger partial charge is 0.362 e. The maximum absolute atomic E-state index is 13.3. The van der Waals surface area contributed by atoms with E-state index in [1.54, 1.807) is 30.5 Å². The molecule has 5 N–H and O–H groups in total. The summed E-state index contributed by atoms with van der Waals surface area (Å²) >= 11 is 0. The molecule has 0 bridgehead atoms. The first-order valence-corrected chi connectivity index (χ1v) is 10.5. The number of amides is 3. The van der Waals surface area contributed by atoms with Crippen LogP contribution in [0.2, 0.25) is 0 Å². The lowest BCUT2D eigenvalue weighted by Crippen LogP contribution is -2.19. The van der Waals surface area contributed by atoms with Gasteiger partial charge in [-0.2, -0.15) is 0 Å². The number of hydrogen-bond donors (Lipinski definition) is 5. The molecular formula is C26H20FN5O2. The molecule has 1 aliphatic rings. The summed E-state index contributed by atoms with van der Waals surface area (Å²) < 4.78 is 13.3. The zero-order chi connectivity index (χ0) is 23.5. The predicted octanol–water partition coefficient (Wildman–Crippen LogP) is 6.03. The highest BCUT2D eigenvalue weighted by atomic mass is 19.1. The van der Waals surface area contributed by atoms with Gasteiger partial charge < -0.3 is 26.3 Å². The number of urea groups is 1. The number of aromatic amines is 1. The molecule has 0 unspecified atom stereocenters. The predicted molar refractivity (Wildman–Crippen MR) is 133 cm³/mol. The van der Waals surface area contributed by atoms with Crippen LogP contribution in [-0.2, 0) is 4.79 Å². The Morgan fingerprint density at radius 3 is 2.32 bits per heavy atom. The van der Waals surface area contributed by atoms with E-state index in [4.69, 9.17) is 0 Å². The normalized spacial score (nSPS) is 13.3. The van der Waals surface area contributed by atoms with Crippen molar-refractivity contribution in [1.29, 1.82) is 0 Å². The smallest absolute Gasteiger partial charge is 0.323 e. The van der Waals surface area contributed by atoms with Crippen LogP contribution in [0.15, 0.2) is 85.1 Å². The van der Waals surface area contributed by atoms with E-state index in [0.717, 1.165) is 28.3 Å². The quantitative estimate of drug-likeness (QED) is 0.239. The van der Waals surface area contributed by atoms with Crippen molar-refractivity contribution in [2.24, 2.45) is 0 Å². The van der Waals surface area contributed by atoms with E-state index < -0.39 is 11.8 Å². The van der Waals surface area contributed by atoms with Crippen molar-refractivity contribution in [3.05, 3.63) is 102 Å². The van der Waals surface area contributed by atoms with E-state index in [1.165, 1.54) is 18.2 Å². The molecule has 0 radical (unpaired) electrons. The Labute approximate surface area is 194 Å². The van der Waals surface area contributed by atoms with Crippen molar-refractivity contribution in [3.8, 4) is 0 Å². The fourth-order valence-electron chi connectivity index (χ4n) is 3.71. The van der Waals surface area contributed by atoms with Crippen molar-refractivity contribution in [2.75, 3.05) is 21.3 Å². The zero-order valence-corrected chi connectivity index (χ0v) is 17.9. The maximum atomic E-state index is 13.3. The molecule has 34 heavy (non-hydrogen) atoms. The molecular weight excluding hydrogens is 433 g/mol. The summed E-state index contributed by atoms with van der Waals surface area (Å²) in [4.78, 5) is 27.8. The number of anilines is 5. The number of rotatable bonds is 5. The molecule has 0 fully saturated rings. The van der Waals surface area contributed by atoms with Gasteiger partial charge in [-0.15, -0.1) is 0 Å². The van der Waals surface area contributed by atoms with Crippen molar-refractivity contribution in [3.63, 3.8) is 0 Å². The topological polar surface area (TPSA) is 98.0 Å². The summed E-state index contributed by atoms with van der Waals surface area (Å²) in [7, 11) is 0. The highest BCUT2D eigenvalue weighted by Crippen LogP contribution is 2.35. The van der Waals surface area contributed by atoms with Gasteiger partial charge in [0.2, 0.25) is 0 Å². The fraction of sp³-hybridized carbons (Fsp3) is 0. The van der Waals surface area contributed by atoms with Gasteiger partial charge in [0, 0.05) is 40.2 Å². The Balaban J connectivity index is 1.28. The maximum Gasteiger partial charge on any atom is 0.323 e. The molecule has 3 amide bonds. The molecule has 168 valence electrons. The Kier molecular flexibility index (Phi) is 5.53. The van der Waals surface area contributed by atoms with Crippen LogP contribution >= 0.6 is 0 Å². The van der Waals surface area contributed by atoms with Crippen molar-refractivity contribution < 1.29 is 14.0 Å². The van der Waals surface area contributed by atoms with Gasteiger partial charge >= 0.3 is 6.03 Å². The number of carbonyl (C=O) groups excluding carboxylic acids is 2. The summed E-state index contributed by atoms with van der Waals surface area (Å²) in [5, 5.41) is 11.5. The molecule has 7 nitrogen and oxygen atoms in total. The van der Waals surface area contributed by atoms with E-state index in [1.807, 2.05) is 42.5 Å². The third kappa shape index (κ3) is 4.66. The SMILES string of the molecule is O=C(Nc1cccc(F)c1)Nc1cccc(Nc2ccc3c(c2)NC(=O)/C3=C\c2ccc[nH]2)c1. The van der Waals surface area contributed by atoms with Gasteiger partial charge in [-0.3, -0.25) is 4.79 Å². The minimum Gasteiger partial charge on any atom is -0.362 e. The van der Waals surface area contributed by atoms with Crippen LogP contribution in [0, 0.1) is 5.82 Å². The molecule has 5 rings (SSSR count). The van der Waals surface area contributed by atoms with Crippen LogP contribution in [0.25, 0.3) is 11.6 Å². The lowest BCUT2D eigenvalue weighted by Gasteiger charge is -2.11. The Morgan fingerprint density at radius 1 is 0.824 bits per heavy atom. The second kappa shape index (κ2) is 8.95. The lowest BCUT2D eigenvalue weighted by molar-refractivity contribution is -0.110. The zero-order valence-electron chi connectivity index (χ0n) is 17.9. The summed E-state index contributed by atoms with van der Waals surface area (Å²) in [6.07, 6.45) is 3.62. The summed E-state index contributed by atoms with van der Waals surface area (Å²) in [6.45, 7) is 0. The average Bonchev–Trinajstić information content (AvgIpc) is 3.42. The molecule has 8 heteroatoms. The molecule has 0 saturated heterocycles. The third-order valence-electron chi connectivity index (χ3n) is 5.22. The monoisotopic (exact) mass is 453 g/mol. The van der Waals surface area contributed by atoms with E-state index in [-0.39, 0.29) is 5.91 Å². The molecule has 3 aromatic carbocycles. The summed E-state index contributed by atoms with van der Waals surface area (Å²) in [5.41, 5.74) is 5.44. The first kappa shape index (κ1) is 21.0. The minimum absolute atomic E-state index is 0.155. The molecule has 4 aromatic rings. The second-order valence-electron chi connectivity index (χ2n) is 7.69.